The molecule has 2 aromatic rings. The molecule has 1 fully saturated rings. The van der Waals surface area contributed by atoms with Crippen LogP contribution in [0.2, 0.25) is 0 Å². The Morgan fingerprint density at radius 2 is 1.96 bits per heavy atom. The number of hydrogen-bond donors (Lipinski definition) is 1. The van der Waals surface area contributed by atoms with E-state index in [1.807, 2.05) is 6.92 Å². The quantitative estimate of drug-likeness (QED) is 0.790. The number of halogens is 1. The van der Waals surface area contributed by atoms with Crippen molar-refractivity contribution >= 4 is 37.5 Å². The van der Waals surface area contributed by atoms with E-state index in [9.17, 15) is 13.2 Å². The third kappa shape index (κ3) is 4.13. The number of carbonyl (C=O) groups is 1. The molecular weight excluding hydrogens is 418 g/mol. The molecule has 138 valence electrons. The van der Waals surface area contributed by atoms with Crippen LogP contribution in [0, 0.1) is 0 Å². The second-order valence-electron chi connectivity index (χ2n) is 6.33. The lowest BCUT2D eigenvalue weighted by Gasteiger charge is -2.32. The van der Waals surface area contributed by atoms with E-state index in [0.29, 0.717) is 22.3 Å². The lowest BCUT2D eigenvalue weighted by atomic mass is 10.1. The molecule has 0 bridgehead atoms. The van der Waals surface area contributed by atoms with Gasteiger partial charge in [-0.25, -0.2) is 8.42 Å². The topological polar surface area (TPSA) is 79.4 Å². The SMILES string of the molecule is C[C@@H]1CCCCN1S(=O)(=O)c1ccc(NC(=O)c2cncc(Br)c2)cc1. The maximum Gasteiger partial charge on any atom is 0.257 e. The van der Waals surface area contributed by atoms with Crippen LogP contribution < -0.4 is 5.32 Å². The van der Waals surface area contributed by atoms with Crippen molar-refractivity contribution in [3.8, 4) is 0 Å². The molecule has 6 nitrogen and oxygen atoms in total. The number of pyridine rings is 1. The summed E-state index contributed by atoms with van der Waals surface area (Å²) >= 11 is 3.28. The van der Waals surface area contributed by atoms with Crippen LogP contribution in [-0.4, -0.2) is 36.2 Å². The molecule has 1 aliphatic heterocycles. The second kappa shape index (κ2) is 7.85. The highest BCUT2D eigenvalue weighted by Crippen LogP contribution is 2.26. The van der Waals surface area contributed by atoms with Gasteiger partial charge in [0.25, 0.3) is 5.91 Å². The summed E-state index contributed by atoms with van der Waals surface area (Å²) in [6, 6.07) is 7.95. The number of piperidine rings is 1. The lowest BCUT2D eigenvalue weighted by molar-refractivity contribution is 0.102. The van der Waals surface area contributed by atoms with Crippen LogP contribution in [-0.2, 0) is 10.0 Å². The highest BCUT2D eigenvalue weighted by Gasteiger charge is 2.30. The van der Waals surface area contributed by atoms with E-state index in [1.165, 1.54) is 18.3 Å². The monoisotopic (exact) mass is 437 g/mol. The van der Waals surface area contributed by atoms with Crippen molar-refractivity contribution in [3.63, 3.8) is 0 Å². The van der Waals surface area contributed by atoms with E-state index in [0.717, 1.165) is 19.3 Å². The van der Waals surface area contributed by atoms with Crippen molar-refractivity contribution in [2.45, 2.75) is 37.1 Å². The summed E-state index contributed by atoms with van der Waals surface area (Å²) in [7, 11) is -3.51. The number of anilines is 1. The van der Waals surface area contributed by atoms with Gasteiger partial charge in [-0.05, 0) is 66.0 Å². The molecule has 1 saturated heterocycles. The Morgan fingerprint density at radius 1 is 1.23 bits per heavy atom. The number of sulfonamides is 1. The van der Waals surface area contributed by atoms with E-state index in [-0.39, 0.29) is 16.8 Å². The molecule has 0 saturated carbocycles. The third-order valence-electron chi connectivity index (χ3n) is 4.43. The summed E-state index contributed by atoms with van der Waals surface area (Å²) in [6.45, 7) is 2.50. The highest BCUT2D eigenvalue weighted by atomic mass is 79.9. The predicted octanol–water partition coefficient (Wildman–Crippen LogP) is 3.66. The minimum Gasteiger partial charge on any atom is -0.322 e. The van der Waals surface area contributed by atoms with Gasteiger partial charge in [0.15, 0.2) is 0 Å². The van der Waals surface area contributed by atoms with Crippen LogP contribution in [0.25, 0.3) is 0 Å². The largest absolute Gasteiger partial charge is 0.322 e. The number of amides is 1. The van der Waals surface area contributed by atoms with Gasteiger partial charge in [-0.2, -0.15) is 4.31 Å². The zero-order valence-electron chi connectivity index (χ0n) is 14.4. The van der Waals surface area contributed by atoms with Gasteiger partial charge >= 0.3 is 0 Å². The van der Waals surface area contributed by atoms with Crippen LogP contribution in [0.5, 0.6) is 0 Å². The van der Waals surface area contributed by atoms with Gasteiger partial charge in [0.05, 0.1) is 10.5 Å². The van der Waals surface area contributed by atoms with Gasteiger partial charge in [0, 0.05) is 35.1 Å². The van der Waals surface area contributed by atoms with Gasteiger partial charge in [-0.3, -0.25) is 9.78 Å². The van der Waals surface area contributed by atoms with Crippen molar-refractivity contribution in [1.29, 1.82) is 0 Å². The first kappa shape index (κ1) is 19.0. The van der Waals surface area contributed by atoms with Crippen molar-refractivity contribution < 1.29 is 13.2 Å². The van der Waals surface area contributed by atoms with E-state index in [1.54, 1.807) is 28.7 Å². The molecule has 0 unspecified atom stereocenters. The first-order valence-electron chi connectivity index (χ1n) is 8.42. The summed E-state index contributed by atoms with van der Waals surface area (Å²) in [5, 5.41) is 2.74. The fourth-order valence-electron chi connectivity index (χ4n) is 3.01. The first-order valence-corrected chi connectivity index (χ1v) is 10.6. The molecular formula is C18H20BrN3O3S. The molecule has 2 heterocycles. The smallest absolute Gasteiger partial charge is 0.257 e. The number of nitrogens with one attached hydrogen (secondary N) is 1. The molecule has 1 aromatic carbocycles. The van der Waals surface area contributed by atoms with E-state index in [2.05, 4.69) is 26.2 Å². The molecule has 1 aliphatic rings. The molecule has 1 amide bonds. The average molecular weight is 438 g/mol. The first-order chi connectivity index (χ1) is 12.4. The van der Waals surface area contributed by atoms with Crippen LogP contribution >= 0.6 is 15.9 Å². The van der Waals surface area contributed by atoms with Gasteiger partial charge in [-0.15, -0.1) is 0 Å². The number of hydrogen-bond acceptors (Lipinski definition) is 4. The minimum absolute atomic E-state index is 0.0113. The molecule has 1 aromatic heterocycles. The minimum atomic E-state index is -3.51. The Morgan fingerprint density at radius 3 is 2.62 bits per heavy atom. The maximum absolute atomic E-state index is 12.8. The summed E-state index contributed by atoms with van der Waals surface area (Å²) in [4.78, 5) is 16.4. The lowest BCUT2D eigenvalue weighted by Crippen LogP contribution is -2.41. The third-order valence-corrected chi connectivity index (χ3v) is 6.89. The van der Waals surface area contributed by atoms with Crippen LogP contribution in [0.3, 0.4) is 0 Å². The Labute approximate surface area is 161 Å². The number of rotatable bonds is 4. The summed E-state index contributed by atoms with van der Waals surface area (Å²) < 4.78 is 27.9. The number of benzene rings is 1. The number of carbonyl (C=O) groups excluding carboxylic acids is 1. The molecule has 0 spiro atoms. The Bertz CT molecular complexity index is 900. The van der Waals surface area contributed by atoms with Crippen LogP contribution in [0.15, 0.2) is 52.1 Å². The zero-order chi connectivity index (χ0) is 18.7. The summed E-state index contributed by atoms with van der Waals surface area (Å²) in [6.07, 6.45) is 5.89. The Balaban J connectivity index is 1.75. The molecule has 0 radical (unpaired) electrons. The molecule has 3 rings (SSSR count). The molecule has 1 atom stereocenters. The van der Waals surface area contributed by atoms with E-state index in [4.69, 9.17) is 0 Å². The van der Waals surface area contributed by atoms with Crippen molar-refractivity contribution in [3.05, 3.63) is 52.8 Å². The fraction of sp³-hybridized carbons (Fsp3) is 0.333. The Hall–Kier alpha value is -1.77. The second-order valence-corrected chi connectivity index (χ2v) is 9.14. The summed E-state index contributed by atoms with van der Waals surface area (Å²) in [5.74, 6) is -0.306. The fourth-order valence-corrected chi connectivity index (χ4v) is 5.08. The van der Waals surface area contributed by atoms with Gasteiger partial charge < -0.3 is 5.32 Å². The predicted molar refractivity (Wildman–Crippen MR) is 104 cm³/mol. The van der Waals surface area contributed by atoms with Gasteiger partial charge in [0.2, 0.25) is 10.0 Å². The van der Waals surface area contributed by atoms with Gasteiger partial charge in [-0.1, -0.05) is 6.42 Å². The van der Waals surface area contributed by atoms with E-state index >= 15 is 0 Å². The van der Waals surface area contributed by atoms with Crippen molar-refractivity contribution in [2.24, 2.45) is 0 Å². The number of aromatic nitrogens is 1. The van der Waals surface area contributed by atoms with Crippen LogP contribution in [0.4, 0.5) is 5.69 Å². The zero-order valence-corrected chi connectivity index (χ0v) is 16.8. The average Bonchev–Trinajstić information content (AvgIpc) is 2.62. The van der Waals surface area contributed by atoms with Crippen molar-refractivity contribution in [1.82, 2.24) is 9.29 Å². The number of nitrogens with zero attached hydrogens (tertiary/aromatic N) is 2. The molecule has 26 heavy (non-hydrogen) atoms. The molecule has 8 heteroatoms. The van der Waals surface area contributed by atoms with Crippen LogP contribution in [0.1, 0.15) is 36.5 Å². The maximum atomic E-state index is 12.8. The normalized spacial score (nSPS) is 18.5. The highest BCUT2D eigenvalue weighted by molar-refractivity contribution is 9.10. The standard InChI is InChI=1S/C18H20BrN3O3S/c1-13-4-2-3-9-22(13)26(24,25)17-7-5-16(6-8-17)21-18(23)14-10-15(19)12-20-11-14/h5-8,10-13H,2-4,9H2,1H3,(H,21,23)/t13-/m1/s1. The summed E-state index contributed by atoms with van der Waals surface area (Å²) in [5.41, 5.74) is 0.943. The Kier molecular flexibility index (Phi) is 5.74. The van der Waals surface area contributed by atoms with Gasteiger partial charge in [0.1, 0.15) is 0 Å². The van der Waals surface area contributed by atoms with Crippen molar-refractivity contribution in [2.75, 3.05) is 11.9 Å². The van der Waals surface area contributed by atoms with E-state index < -0.39 is 10.0 Å². The molecule has 0 aliphatic carbocycles. The molecule has 1 N–H and O–H groups in total.